The maximum absolute atomic E-state index is 5.73. The van der Waals surface area contributed by atoms with Gasteiger partial charge in [-0.05, 0) is 47.5 Å². The van der Waals surface area contributed by atoms with E-state index in [1.807, 2.05) is 4.68 Å². The van der Waals surface area contributed by atoms with E-state index < -0.39 is 0 Å². The second kappa shape index (κ2) is 7.57. The van der Waals surface area contributed by atoms with E-state index in [9.17, 15) is 0 Å². The molecule has 0 unspecified atom stereocenters. The molecule has 1 aliphatic heterocycles. The number of aromatic nitrogens is 6. The van der Waals surface area contributed by atoms with E-state index in [4.69, 9.17) is 4.74 Å². The van der Waals surface area contributed by atoms with E-state index in [0.717, 1.165) is 51.0 Å². The van der Waals surface area contributed by atoms with Gasteiger partial charge in [-0.2, -0.15) is 0 Å². The number of aryl methyl sites for hydroxylation is 1. The van der Waals surface area contributed by atoms with Gasteiger partial charge in [0.1, 0.15) is 16.2 Å². The molecule has 1 saturated heterocycles. The van der Waals surface area contributed by atoms with Crippen molar-refractivity contribution in [1.29, 1.82) is 0 Å². The van der Waals surface area contributed by atoms with Crippen molar-refractivity contribution < 1.29 is 4.74 Å². The molecular formula is C19H18N6OS2. The molecule has 7 nitrogen and oxygen atoms in total. The molecule has 142 valence electrons. The van der Waals surface area contributed by atoms with E-state index in [1.54, 1.807) is 17.7 Å². The summed E-state index contributed by atoms with van der Waals surface area (Å²) < 4.78 is 7.54. The van der Waals surface area contributed by atoms with Crippen LogP contribution in [0.25, 0.3) is 21.3 Å². The van der Waals surface area contributed by atoms with Crippen molar-refractivity contribution in [3.05, 3.63) is 41.5 Å². The number of tetrazole rings is 1. The van der Waals surface area contributed by atoms with Gasteiger partial charge >= 0.3 is 0 Å². The van der Waals surface area contributed by atoms with Crippen LogP contribution < -0.4 is 0 Å². The lowest BCUT2D eigenvalue weighted by atomic mass is 10.1. The predicted molar refractivity (Wildman–Crippen MR) is 109 cm³/mol. The normalized spacial score (nSPS) is 16.8. The molecule has 28 heavy (non-hydrogen) atoms. The first-order valence-corrected chi connectivity index (χ1v) is 10.8. The summed E-state index contributed by atoms with van der Waals surface area (Å²) in [5.41, 5.74) is 3.54. The Morgan fingerprint density at radius 3 is 2.96 bits per heavy atom. The average Bonchev–Trinajstić information content (AvgIpc) is 3.45. The summed E-state index contributed by atoms with van der Waals surface area (Å²) in [6, 6.07) is 8.52. The number of hydrogen-bond acceptors (Lipinski definition) is 8. The second-order valence-electron chi connectivity index (χ2n) is 6.76. The molecule has 0 bridgehead atoms. The van der Waals surface area contributed by atoms with Crippen molar-refractivity contribution in [2.75, 3.05) is 6.61 Å². The molecule has 0 N–H and O–H groups in total. The lowest BCUT2D eigenvalue weighted by Gasteiger charge is -2.10. The van der Waals surface area contributed by atoms with E-state index >= 15 is 0 Å². The molecule has 0 spiro atoms. The van der Waals surface area contributed by atoms with Crippen molar-refractivity contribution in [3.63, 3.8) is 0 Å². The molecule has 0 aliphatic carbocycles. The highest BCUT2D eigenvalue weighted by Gasteiger charge is 2.21. The molecule has 1 fully saturated rings. The first-order chi connectivity index (χ1) is 13.8. The van der Waals surface area contributed by atoms with Gasteiger partial charge in [0.05, 0.1) is 18.0 Å². The third kappa shape index (κ3) is 3.41. The van der Waals surface area contributed by atoms with Crippen LogP contribution in [0.2, 0.25) is 0 Å². The van der Waals surface area contributed by atoms with Gasteiger partial charge in [0.25, 0.3) is 0 Å². The molecular weight excluding hydrogens is 392 g/mol. The van der Waals surface area contributed by atoms with Gasteiger partial charge < -0.3 is 4.74 Å². The summed E-state index contributed by atoms with van der Waals surface area (Å²) in [6.45, 7) is 3.57. The quantitative estimate of drug-likeness (QED) is 0.460. The molecule has 0 radical (unpaired) electrons. The highest BCUT2D eigenvalue weighted by Crippen LogP contribution is 2.39. The largest absolute Gasteiger partial charge is 0.376 e. The van der Waals surface area contributed by atoms with Crippen molar-refractivity contribution >= 4 is 33.3 Å². The minimum Gasteiger partial charge on any atom is -0.376 e. The Balaban J connectivity index is 1.51. The number of rotatable bonds is 5. The van der Waals surface area contributed by atoms with Crippen LogP contribution in [0.15, 0.2) is 46.2 Å². The summed E-state index contributed by atoms with van der Waals surface area (Å²) >= 11 is 3.10. The predicted octanol–water partition coefficient (Wildman–Crippen LogP) is 3.98. The lowest BCUT2D eigenvalue weighted by Crippen LogP contribution is -2.16. The zero-order valence-corrected chi connectivity index (χ0v) is 16.9. The number of hydrogen-bond donors (Lipinski definition) is 0. The number of benzene rings is 1. The first-order valence-electron chi connectivity index (χ1n) is 9.13. The Bertz CT molecular complexity index is 1100. The van der Waals surface area contributed by atoms with Crippen LogP contribution in [0, 0.1) is 6.92 Å². The number of ether oxygens (including phenoxy) is 1. The Hall–Kier alpha value is -2.36. The summed E-state index contributed by atoms with van der Waals surface area (Å²) in [7, 11) is 0. The Labute approximate surface area is 170 Å². The standard InChI is InChI=1S/C19H18N6OS2/c1-12-4-6-13(7-5-12)15-10-27-17-16(15)18(21-11-20-17)28-19-22-23-24-25(19)9-14-3-2-8-26-14/h4-7,10-11,14H,2-3,8-9H2,1H3/t14-/m1/s1. The van der Waals surface area contributed by atoms with Crippen LogP contribution in [0.4, 0.5) is 0 Å². The third-order valence-electron chi connectivity index (χ3n) is 4.79. The summed E-state index contributed by atoms with van der Waals surface area (Å²) in [6.07, 6.45) is 3.92. The molecule has 0 saturated carbocycles. The van der Waals surface area contributed by atoms with Gasteiger partial charge in [0.2, 0.25) is 5.16 Å². The maximum Gasteiger partial charge on any atom is 0.215 e. The van der Waals surface area contributed by atoms with Gasteiger partial charge in [-0.25, -0.2) is 14.6 Å². The average molecular weight is 411 g/mol. The SMILES string of the molecule is Cc1ccc(-c2csc3ncnc(Sc4nnnn4C[C@H]4CCCO4)c23)cc1. The lowest BCUT2D eigenvalue weighted by molar-refractivity contribution is 0.0912. The second-order valence-corrected chi connectivity index (χ2v) is 8.57. The van der Waals surface area contributed by atoms with Crippen molar-refractivity contribution in [3.8, 4) is 11.1 Å². The smallest absolute Gasteiger partial charge is 0.215 e. The zero-order chi connectivity index (χ0) is 18.9. The fraction of sp³-hybridized carbons (Fsp3) is 0.316. The van der Waals surface area contributed by atoms with Gasteiger partial charge in [0, 0.05) is 17.6 Å². The number of fused-ring (bicyclic) bond motifs is 1. The molecule has 4 heterocycles. The summed E-state index contributed by atoms with van der Waals surface area (Å²) in [5.74, 6) is 0. The molecule has 4 aromatic rings. The Kier molecular flexibility index (Phi) is 4.79. The highest BCUT2D eigenvalue weighted by molar-refractivity contribution is 7.99. The molecule has 5 rings (SSSR count). The first kappa shape index (κ1) is 17.7. The minimum atomic E-state index is 0.178. The summed E-state index contributed by atoms with van der Waals surface area (Å²) in [4.78, 5) is 9.97. The monoisotopic (exact) mass is 410 g/mol. The van der Waals surface area contributed by atoms with Crippen LogP contribution in [0.1, 0.15) is 18.4 Å². The summed E-state index contributed by atoms with van der Waals surface area (Å²) in [5, 5.41) is 17.0. The fourth-order valence-electron chi connectivity index (χ4n) is 3.32. The molecule has 3 aromatic heterocycles. The van der Waals surface area contributed by atoms with E-state index in [0.29, 0.717) is 6.54 Å². The van der Waals surface area contributed by atoms with Crippen molar-refractivity contribution in [1.82, 2.24) is 30.2 Å². The third-order valence-corrected chi connectivity index (χ3v) is 6.65. The topological polar surface area (TPSA) is 78.6 Å². The molecule has 1 aromatic carbocycles. The molecule has 1 atom stereocenters. The molecule has 9 heteroatoms. The van der Waals surface area contributed by atoms with Crippen molar-refractivity contribution in [2.45, 2.75) is 42.6 Å². The number of thiophene rings is 1. The van der Waals surface area contributed by atoms with Crippen molar-refractivity contribution in [2.24, 2.45) is 0 Å². The van der Waals surface area contributed by atoms with Gasteiger partial charge in [-0.15, -0.1) is 16.4 Å². The molecule has 1 aliphatic rings. The maximum atomic E-state index is 5.73. The molecule has 0 amide bonds. The van der Waals surface area contributed by atoms with Crippen LogP contribution in [0.5, 0.6) is 0 Å². The highest BCUT2D eigenvalue weighted by atomic mass is 32.2. The minimum absolute atomic E-state index is 0.178. The van der Waals surface area contributed by atoms with E-state index in [2.05, 4.69) is 62.1 Å². The van der Waals surface area contributed by atoms with Crippen LogP contribution >= 0.6 is 23.1 Å². The van der Waals surface area contributed by atoms with Crippen LogP contribution in [-0.4, -0.2) is 42.9 Å². The van der Waals surface area contributed by atoms with Crippen LogP contribution in [-0.2, 0) is 11.3 Å². The van der Waals surface area contributed by atoms with Crippen LogP contribution in [0.3, 0.4) is 0 Å². The fourth-order valence-corrected chi connectivity index (χ4v) is 5.18. The van der Waals surface area contributed by atoms with Gasteiger partial charge in [-0.1, -0.05) is 29.8 Å². The van der Waals surface area contributed by atoms with E-state index in [-0.39, 0.29) is 6.10 Å². The Morgan fingerprint density at radius 2 is 2.14 bits per heavy atom. The van der Waals surface area contributed by atoms with Gasteiger partial charge in [0.15, 0.2) is 0 Å². The van der Waals surface area contributed by atoms with E-state index in [1.165, 1.54) is 17.3 Å². The Morgan fingerprint density at radius 1 is 1.25 bits per heavy atom. The number of nitrogens with zero attached hydrogens (tertiary/aromatic N) is 6. The van der Waals surface area contributed by atoms with Gasteiger partial charge in [-0.3, -0.25) is 0 Å². The zero-order valence-electron chi connectivity index (χ0n) is 15.3.